The van der Waals surface area contributed by atoms with Crippen molar-refractivity contribution < 1.29 is 24.2 Å². The van der Waals surface area contributed by atoms with Gasteiger partial charge in [0.1, 0.15) is 4.32 Å². The van der Waals surface area contributed by atoms with Gasteiger partial charge in [0, 0.05) is 6.54 Å². The number of rotatable bonds is 8. The predicted molar refractivity (Wildman–Crippen MR) is 109 cm³/mol. The van der Waals surface area contributed by atoms with E-state index in [0.717, 1.165) is 28.2 Å². The molecular formula is C17H18BrNO5S2. The molecule has 1 aliphatic heterocycles. The Balaban J connectivity index is 2.26. The minimum absolute atomic E-state index is 0.0636. The van der Waals surface area contributed by atoms with Gasteiger partial charge in [-0.25, -0.2) is 0 Å². The van der Waals surface area contributed by atoms with Crippen LogP contribution in [0.1, 0.15) is 25.3 Å². The predicted octanol–water partition coefficient (Wildman–Crippen LogP) is 3.92. The van der Waals surface area contributed by atoms with Crippen molar-refractivity contribution in [2.75, 3.05) is 20.3 Å². The van der Waals surface area contributed by atoms with Crippen LogP contribution in [0.15, 0.2) is 21.5 Å². The lowest BCUT2D eigenvalue weighted by Crippen LogP contribution is -2.30. The molecule has 140 valence electrons. The molecule has 9 heteroatoms. The van der Waals surface area contributed by atoms with E-state index in [0.29, 0.717) is 27.3 Å². The molecule has 1 saturated heterocycles. The maximum absolute atomic E-state index is 12.5. The first kappa shape index (κ1) is 20.7. The number of halogens is 1. The maximum Gasteiger partial charge on any atom is 0.305 e. The lowest BCUT2D eigenvalue weighted by atomic mass is 10.2. The number of carbonyl (C=O) groups excluding carboxylic acids is 1. The van der Waals surface area contributed by atoms with Crippen LogP contribution in [-0.4, -0.2) is 46.5 Å². The quantitative estimate of drug-likeness (QED) is 0.466. The number of thiocarbonyl (C=S) groups is 1. The number of nitrogens with zero attached hydrogens (tertiary/aromatic N) is 1. The van der Waals surface area contributed by atoms with Gasteiger partial charge in [0.2, 0.25) is 0 Å². The number of benzene rings is 1. The average molecular weight is 460 g/mol. The molecule has 0 radical (unpaired) electrons. The molecule has 1 N–H and O–H groups in total. The monoisotopic (exact) mass is 459 g/mol. The summed E-state index contributed by atoms with van der Waals surface area (Å²) in [4.78, 5) is 24.9. The summed E-state index contributed by atoms with van der Waals surface area (Å²) in [5.74, 6) is -0.0945. The third-order valence-electron chi connectivity index (χ3n) is 3.42. The summed E-state index contributed by atoms with van der Waals surface area (Å²) in [5, 5.41) is 8.79. The van der Waals surface area contributed by atoms with Crippen molar-refractivity contribution in [3.05, 3.63) is 27.1 Å². The molecule has 1 amide bonds. The highest BCUT2D eigenvalue weighted by Gasteiger charge is 2.32. The standard InChI is InChI=1S/C17H18BrNO5S2/c1-3-6-24-15-11(18)7-10(8-12(15)23-2)9-13-16(22)19(17(25)26-13)5-4-14(20)21/h7-9H,3-6H2,1-2H3,(H,20,21)/b13-9-. The molecule has 1 aromatic rings. The molecule has 1 aliphatic rings. The Hall–Kier alpha value is -1.58. The fourth-order valence-electron chi connectivity index (χ4n) is 2.22. The van der Waals surface area contributed by atoms with E-state index in [1.54, 1.807) is 19.3 Å². The molecule has 0 saturated carbocycles. The van der Waals surface area contributed by atoms with Crippen molar-refractivity contribution in [2.45, 2.75) is 19.8 Å². The van der Waals surface area contributed by atoms with Crippen LogP contribution in [0.2, 0.25) is 0 Å². The molecule has 26 heavy (non-hydrogen) atoms. The maximum atomic E-state index is 12.5. The van der Waals surface area contributed by atoms with E-state index in [-0.39, 0.29) is 18.9 Å². The van der Waals surface area contributed by atoms with Crippen LogP contribution >= 0.6 is 39.9 Å². The van der Waals surface area contributed by atoms with Crippen LogP contribution in [0.5, 0.6) is 11.5 Å². The van der Waals surface area contributed by atoms with Crippen LogP contribution in [0, 0.1) is 0 Å². The third kappa shape index (κ3) is 4.99. The fourth-order valence-corrected chi connectivity index (χ4v) is 4.10. The normalized spacial score (nSPS) is 15.7. The molecular weight excluding hydrogens is 442 g/mol. The molecule has 1 heterocycles. The topological polar surface area (TPSA) is 76.1 Å². The zero-order valence-corrected chi connectivity index (χ0v) is 17.5. The zero-order chi connectivity index (χ0) is 19.3. The largest absolute Gasteiger partial charge is 0.493 e. The molecule has 1 fully saturated rings. The lowest BCUT2D eigenvalue weighted by Gasteiger charge is -2.13. The summed E-state index contributed by atoms with van der Waals surface area (Å²) in [5.41, 5.74) is 0.747. The number of carboxylic acids is 1. The van der Waals surface area contributed by atoms with Crippen LogP contribution in [-0.2, 0) is 9.59 Å². The number of ether oxygens (including phenoxy) is 2. The van der Waals surface area contributed by atoms with Gasteiger partial charge >= 0.3 is 5.97 Å². The van der Waals surface area contributed by atoms with E-state index in [2.05, 4.69) is 15.9 Å². The molecule has 2 rings (SSSR count). The van der Waals surface area contributed by atoms with E-state index in [1.807, 2.05) is 13.0 Å². The molecule has 0 bridgehead atoms. The SMILES string of the molecule is CCCOc1c(Br)cc(/C=C2\SC(=S)N(CCC(=O)O)C2=O)cc1OC. The Bertz CT molecular complexity index is 766. The van der Waals surface area contributed by atoms with Gasteiger partial charge in [-0.2, -0.15) is 0 Å². The Morgan fingerprint density at radius 2 is 2.19 bits per heavy atom. The number of methoxy groups -OCH3 is 1. The fraction of sp³-hybridized carbons (Fsp3) is 0.353. The Morgan fingerprint density at radius 1 is 1.46 bits per heavy atom. The number of amides is 1. The molecule has 0 unspecified atom stereocenters. The van der Waals surface area contributed by atoms with Crippen molar-refractivity contribution >= 4 is 62.2 Å². The average Bonchev–Trinajstić information content (AvgIpc) is 2.85. The van der Waals surface area contributed by atoms with Gasteiger partial charge in [0.25, 0.3) is 5.91 Å². The summed E-state index contributed by atoms with van der Waals surface area (Å²) >= 11 is 9.81. The summed E-state index contributed by atoms with van der Waals surface area (Å²) in [7, 11) is 1.55. The lowest BCUT2D eigenvalue weighted by molar-refractivity contribution is -0.137. The molecule has 0 spiro atoms. The van der Waals surface area contributed by atoms with Crippen molar-refractivity contribution in [3.8, 4) is 11.5 Å². The number of thioether (sulfide) groups is 1. The van der Waals surface area contributed by atoms with Crippen LogP contribution in [0.3, 0.4) is 0 Å². The van der Waals surface area contributed by atoms with Gasteiger partial charge in [-0.3, -0.25) is 14.5 Å². The summed E-state index contributed by atoms with van der Waals surface area (Å²) in [6.07, 6.45) is 2.43. The van der Waals surface area contributed by atoms with E-state index in [1.165, 1.54) is 4.90 Å². The van der Waals surface area contributed by atoms with Crippen molar-refractivity contribution in [3.63, 3.8) is 0 Å². The van der Waals surface area contributed by atoms with E-state index < -0.39 is 5.97 Å². The van der Waals surface area contributed by atoms with E-state index >= 15 is 0 Å². The van der Waals surface area contributed by atoms with Gasteiger partial charge in [-0.15, -0.1) is 0 Å². The Kier molecular flexibility index (Phi) is 7.48. The number of hydrogen-bond acceptors (Lipinski definition) is 6. The number of carbonyl (C=O) groups is 2. The third-order valence-corrected chi connectivity index (χ3v) is 5.39. The highest BCUT2D eigenvalue weighted by Crippen LogP contribution is 2.39. The second-order valence-corrected chi connectivity index (χ2v) is 7.89. The van der Waals surface area contributed by atoms with Gasteiger partial charge in [-0.1, -0.05) is 30.9 Å². The highest BCUT2D eigenvalue weighted by molar-refractivity contribution is 9.10. The molecule has 6 nitrogen and oxygen atoms in total. The molecule has 1 aromatic carbocycles. The van der Waals surface area contributed by atoms with Crippen molar-refractivity contribution in [1.82, 2.24) is 4.90 Å². The van der Waals surface area contributed by atoms with E-state index in [9.17, 15) is 9.59 Å². The highest BCUT2D eigenvalue weighted by atomic mass is 79.9. The Labute approximate surface area is 169 Å². The summed E-state index contributed by atoms with van der Waals surface area (Å²) < 4.78 is 12.2. The van der Waals surface area contributed by atoms with Crippen LogP contribution in [0.25, 0.3) is 6.08 Å². The smallest absolute Gasteiger partial charge is 0.305 e. The van der Waals surface area contributed by atoms with Crippen molar-refractivity contribution in [2.24, 2.45) is 0 Å². The first-order chi connectivity index (χ1) is 12.4. The van der Waals surface area contributed by atoms with Crippen LogP contribution in [0.4, 0.5) is 0 Å². The minimum atomic E-state index is -0.973. The first-order valence-electron chi connectivity index (χ1n) is 7.84. The van der Waals surface area contributed by atoms with Gasteiger partial charge in [0.05, 0.1) is 29.5 Å². The second-order valence-electron chi connectivity index (χ2n) is 5.36. The number of aliphatic carboxylic acids is 1. The van der Waals surface area contributed by atoms with E-state index in [4.69, 9.17) is 26.8 Å². The minimum Gasteiger partial charge on any atom is -0.493 e. The van der Waals surface area contributed by atoms with Gasteiger partial charge in [-0.05, 0) is 46.1 Å². The second kappa shape index (κ2) is 9.38. The summed E-state index contributed by atoms with van der Waals surface area (Å²) in [6, 6.07) is 3.61. The van der Waals surface area contributed by atoms with Crippen LogP contribution < -0.4 is 9.47 Å². The molecule has 0 aliphatic carbocycles. The van der Waals surface area contributed by atoms with Gasteiger partial charge < -0.3 is 14.6 Å². The summed E-state index contributed by atoms with van der Waals surface area (Å²) in [6.45, 7) is 2.64. The zero-order valence-electron chi connectivity index (χ0n) is 14.3. The van der Waals surface area contributed by atoms with Crippen molar-refractivity contribution in [1.29, 1.82) is 0 Å². The molecule has 0 aromatic heterocycles. The number of hydrogen-bond donors (Lipinski definition) is 1. The first-order valence-corrected chi connectivity index (χ1v) is 9.86. The molecule has 0 atom stereocenters. The Morgan fingerprint density at radius 3 is 2.81 bits per heavy atom. The van der Waals surface area contributed by atoms with Gasteiger partial charge in [0.15, 0.2) is 11.5 Å². The number of carboxylic acid groups (broad SMARTS) is 1.